The summed E-state index contributed by atoms with van der Waals surface area (Å²) in [6.07, 6.45) is -1.60. The predicted octanol–water partition coefficient (Wildman–Crippen LogP) is 4.74. The lowest BCUT2D eigenvalue weighted by atomic mass is 9.82. The summed E-state index contributed by atoms with van der Waals surface area (Å²) in [4.78, 5) is 1.21. The Labute approximate surface area is 122 Å². The fraction of sp³-hybridized carbons (Fsp3) is 0.733. The Kier molecular flexibility index (Phi) is 4.80. The Balaban J connectivity index is 1.98. The molecule has 0 amide bonds. The molecule has 20 heavy (non-hydrogen) atoms. The standard InChI is InChI=1S/C15H22F3NS/c1-14(2,13-8-5-9-20-13)10-19-12-7-4-3-6-11(12)15(16,17)18/h5,8-9,11-12,19H,3-4,6-7,10H2,1-2H3. The van der Waals surface area contributed by atoms with Crippen molar-refractivity contribution >= 4 is 11.3 Å². The average Bonchev–Trinajstić information content (AvgIpc) is 2.90. The normalized spacial score (nSPS) is 24.9. The molecule has 2 unspecified atom stereocenters. The van der Waals surface area contributed by atoms with Gasteiger partial charge in [-0.05, 0) is 24.3 Å². The van der Waals surface area contributed by atoms with Crippen LogP contribution in [0, 0.1) is 5.92 Å². The van der Waals surface area contributed by atoms with Gasteiger partial charge >= 0.3 is 6.18 Å². The van der Waals surface area contributed by atoms with Crippen molar-refractivity contribution in [3.05, 3.63) is 22.4 Å². The zero-order valence-electron chi connectivity index (χ0n) is 12.0. The summed E-state index contributed by atoms with van der Waals surface area (Å²) < 4.78 is 39.1. The van der Waals surface area contributed by atoms with Gasteiger partial charge in [-0.25, -0.2) is 0 Å². The maximum absolute atomic E-state index is 13.0. The monoisotopic (exact) mass is 305 g/mol. The van der Waals surface area contributed by atoms with E-state index in [1.165, 1.54) is 4.88 Å². The van der Waals surface area contributed by atoms with Gasteiger partial charge in [-0.3, -0.25) is 0 Å². The highest BCUT2D eigenvalue weighted by atomic mass is 32.1. The summed E-state index contributed by atoms with van der Waals surface area (Å²) in [5.41, 5.74) is -0.123. The van der Waals surface area contributed by atoms with Gasteiger partial charge in [0.15, 0.2) is 0 Å². The number of alkyl halides is 3. The molecule has 1 saturated carbocycles. The molecule has 0 saturated heterocycles. The first-order chi connectivity index (χ1) is 9.31. The van der Waals surface area contributed by atoms with Crippen molar-refractivity contribution in [1.82, 2.24) is 5.32 Å². The molecule has 1 aromatic heterocycles. The minimum Gasteiger partial charge on any atom is -0.312 e. The van der Waals surface area contributed by atoms with Gasteiger partial charge in [-0.2, -0.15) is 13.2 Å². The van der Waals surface area contributed by atoms with Crippen molar-refractivity contribution < 1.29 is 13.2 Å². The van der Waals surface area contributed by atoms with E-state index < -0.39 is 18.1 Å². The SMILES string of the molecule is CC(C)(CNC1CCCCC1C(F)(F)F)c1cccs1. The van der Waals surface area contributed by atoms with Crippen molar-refractivity contribution in [3.63, 3.8) is 0 Å². The molecule has 2 atom stereocenters. The Bertz CT molecular complexity index is 411. The van der Waals surface area contributed by atoms with Crippen molar-refractivity contribution in [2.45, 2.75) is 57.2 Å². The van der Waals surface area contributed by atoms with E-state index in [2.05, 4.69) is 25.2 Å². The molecule has 2 rings (SSSR count). The number of rotatable bonds is 4. The molecule has 0 aliphatic heterocycles. The minimum absolute atomic E-state index is 0.123. The molecule has 1 nitrogen and oxygen atoms in total. The molecule has 1 N–H and O–H groups in total. The van der Waals surface area contributed by atoms with E-state index >= 15 is 0 Å². The lowest BCUT2D eigenvalue weighted by Crippen LogP contribution is -2.48. The van der Waals surface area contributed by atoms with Crippen LogP contribution in [0.4, 0.5) is 13.2 Å². The first-order valence-electron chi connectivity index (χ1n) is 7.15. The third-order valence-corrected chi connectivity index (χ3v) is 5.42. The highest BCUT2D eigenvalue weighted by Crippen LogP contribution is 2.38. The van der Waals surface area contributed by atoms with E-state index in [4.69, 9.17) is 0 Å². The zero-order chi connectivity index (χ0) is 14.8. The van der Waals surface area contributed by atoms with Crippen LogP contribution in [-0.4, -0.2) is 18.8 Å². The van der Waals surface area contributed by atoms with E-state index in [0.29, 0.717) is 19.4 Å². The summed E-state index contributed by atoms with van der Waals surface area (Å²) in [7, 11) is 0. The van der Waals surface area contributed by atoms with E-state index in [1.54, 1.807) is 11.3 Å². The highest BCUT2D eigenvalue weighted by Gasteiger charge is 2.45. The summed E-state index contributed by atoms with van der Waals surface area (Å²) in [5, 5.41) is 5.20. The van der Waals surface area contributed by atoms with Crippen LogP contribution in [0.3, 0.4) is 0 Å². The molecule has 5 heteroatoms. The van der Waals surface area contributed by atoms with Crippen molar-refractivity contribution in [3.8, 4) is 0 Å². The number of nitrogens with one attached hydrogen (secondary N) is 1. The van der Waals surface area contributed by atoms with Crippen molar-refractivity contribution in [2.75, 3.05) is 6.54 Å². The third-order valence-electron chi connectivity index (χ3n) is 4.18. The molecule has 1 fully saturated rings. The molecule has 1 heterocycles. The molecule has 1 aliphatic carbocycles. The van der Waals surface area contributed by atoms with E-state index in [9.17, 15) is 13.2 Å². The highest BCUT2D eigenvalue weighted by molar-refractivity contribution is 7.10. The average molecular weight is 305 g/mol. The van der Waals surface area contributed by atoms with E-state index in [-0.39, 0.29) is 11.8 Å². The van der Waals surface area contributed by atoms with Crippen LogP contribution < -0.4 is 5.32 Å². The second-order valence-electron chi connectivity index (χ2n) is 6.28. The first-order valence-corrected chi connectivity index (χ1v) is 8.03. The Morgan fingerprint density at radius 3 is 2.55 bits per heavy atom. The Hall–Kier alpha value is -0.550. The predicted molar refractivity (Wildman–Crippen MR) is 77.1 cm³/mol. The van der Waals surface area contributed by atoms with Crippen LogP contribution in [0.1, 0.15) is 44.4 Å². The van der Waals surface area contributed by atoms with Gasteiger partial charge in [-0.1, -0.05) is 32.8 Å². The van der Waals surface area contributed by atoms with Gasteiger partial charge in [0.1, 0.15) is 0 Å². The summed E-state index contributed by atoms with van der Waals surface area (Å²) >= 11 is 1.66. The quantitative estimate of drug-likeness (QED) is 0.847. The minimum atomic E-state index is -4.08. The maximum atomic E-state index is 13.0. The summed E-state index contributed by atoms with van der Waals surface area (Å²) in [6, 6.07) is 3.61. The number of thiophene rings is 1. The summed E-state index contributed by atoms with van der Waals surface area (Å²) in [5.74, 6) is -1.18. The topological polar surface area (TPSA) is 12.0 Å². The smallest absolute Gasteiger partial charge is 0.312 e. The lowest BCUT2D eigenvalue weighted by Gasteiger charge is -2.36. The molecule has 1 aromatic rings. The van der Waals surface area contributed by atoms with Gasteiger partial charge in [0, 0.05) is 22.9 Å². The van der Waals surface area contributed by atoms with Crippen molar-refractivity contribution in [1.29, 1.82) is 0 Å². The van der Waals surface area contributed by atoms with Gasteiger partial charge in [0.2, 0.25) is 0 Å². The zero-order valence-corrected chi connectivity index (χ0v) is 12.8. The molecular formula is C15H22F3NS. The maximum Gasteiger partial charge on any atom is 0.393 e. The van der Waals surface area contributed by atoms with Crippen LogP contribution in [0.25, 0.3) is 0 Å². The van der Waals surface area contributed by atoms with Crippen LogP contribution in [-0.2, 0) is 5.41 Å². The van der Waals surface area contributed by atoms with Crippen LogP contribution in [0.5, 0.6) is 0 Å². The number of hydrogen-bond acceptors (Lipinski definition) is 2. The molecular weight excluding hydrogens is 283 g/mol. The second-order valence-corrected chi connectivity index (χ2v) is 7.23. The van der Waals surface area contributed by atoms with Crippen molar-refractivity contribution in [2.24, 2.45) is 5.92 Å². The largest absolute Gasteiger partial charge is 0.393 e. The van der Waals surface area contributed by atoms with Gasteiger partial charge in [-0.15, -0.1) is 11.3 Å². The van der Waals surface area contributed by atoms with Gasteiger partial charge in [0.25, 0.3) is 0 Å². The molecule has 114 valence electrons. The second kappa shape index (κ2) is 6.06. The fourth-order valence-corrected chi connectivity index (χ4v) is 3.76. The van der Waals surface area contributed by atoms with E-state index in [1.807, 2.05) is 11.4 Å². The fourth-order valence-electron chi connectivity index (χ4n) is 2.90. The molecule has 0 bridgehead atoms. The van der Waals surface area contributed by atoms with E-state index in [0.717, 1.165) is 6.42 Å². The molecule has 0 aromatic carbocycles. The molecule has 0 spiro atoms. The van der Waals surface area contributed by atoms with Crippen LogP contribution >= 0.6 is 11.3 Å². The third kappa shape index (κ3) is 3.76. The molecule has 1 aliphatic rings. The van der Waals surface area contributed by atoms with Gasteiger partial charge in [0.05, 0.1) is 5.92 Å². The number of hydrogen-bond donors (Lipinski definition) is 1. The first kappa shape index (κ1) is 15.8. The lowest BCUT2D eigenvalue weighted by molar-refractivity contribution is -0.189. The summed E-state index contributed by atoms with van der Waals surface area (Å²) in [6.45, 7) is 4.75. The number of halogens is 3. The van der Waals surface area contributed by atoms with Crippen LogP contribution in [0.15, 0.2) is 17.5 Å². The molecule has 0 radical (unpaired) electrons. The Morgan fingerprint density at radius 2 is 1.95 bits per heavy atom. The van der Waals surface area contributed by atoms with Crippen LogP contribution in [0.2, 0.25) is 0 Å². The Morgan fingerprint density at radius 1 is 1.25 bits per heavy atom. The van der Waals surface area contributed by atoms with Gasteiger partial charge < -0.3 is 5.32 Å².